The summed E-state index contributed by atoms with van der Waals surface area (Å²) < 4.78 is 24.8. The molecule has 0 unspecified atom stereocenters. The SMILES string of the molecule is CN(C(=O)CSc1nc2scc(-c3ccccc3)c2c(=O)n1C)[C@@H]1CCS(=O)(=O)C1. The van der Waals surface area contributed by atoms with E-state index < -0.39 is 9.84 Å². The van der Waals surface area contributed by atoms with Gasteiger partial charge in [0.05, 0.1) is 22.6 Å². The van der Waals surface area contributed by atoms with Gasteiger partial charge in [-0.15, -0.1) is 11.3 Å². The molecule has 1 aliphatic heterocycles. The normalized spacial score (nSPS) is 18.0. The highest BCUT2D eigenvalue weighted by Crippen LogP contribution is 2.32. The second-order valence-corrected chi connectivity index (χ2v) is 11.3. The summed E-state index contributed by atoms with van der Waals surface area (Å²) in [6.07, 6.45) is 0.468. The van der Waals surface area contributed by atoms with Crippen LogP contribution in [0.15, 0.2) is 45.7 Å². The van der Waals surface area contributed by atoms with Crippen LogP contribution >= 0.6 is 23.1 Å². The van der Waals surface area contributed by atoms with E-state index in [2.05, 4.69) is 4.98 Å². The zero-order chi connectivity index (χ0) is 21.5. The van der Waals surface area contributed by atoms with E-state index >= 15 is 0 Å². The molecule has 158 valence electrons. The Morgan fingerprint density at radius 3 is 2.73 bits per heavy atom. The molecule has 0 radical (unpaired) electrons. The largest absolute Gasteiger partial charge is 0.341 e. The molecule has 1 fully saturated rings. The van der Waals surface area contributed by atoms with Gasteiger partial charge in [-0.2, -0.15) is 0 Å². The van der Waals surface area contributed by atoms with Gasteiger partial charge in [-0.25, -0.2) is 13.4 Å². The number of amides is 1. The Morgan fingerprint density at radius 1 is 1.33 bits per heavy atom. The standard InChI is InChI=1S/C20H21N3O4S3/c1-22(14-8-9-30(26,27)12-14)16(24)11-29-20-21-18-17(19(25)23(20)2)15(10-28-18)13-6-4-3-5-7-13/h3-7,10,14H,8-9,11-12H2,1-2H3/t14-/m1/s1. The summed E-state index contributed by atoms with van der Waals surface area (Å²) in [6.45, 7) is 0. The molecule has 30 heavy (non-hydrogen) atoms. The highest BCUT2D eigenvalue weighted by molar-refractivity contribution is 7.99. The molecule has 0 N–H and O–H groups in total. The van der Waals surface area contributed by atoms with Crippen molar-refractivity contribution in [3.8, 4) is 11.1 Å². The lowest BCUT2D eigenvalue weighted by molar-refractivity contribution is -0.128. The van der Waals surface area contributed by atoms with E-state index in [0.29, 0.717) is 21.8 Å². The topological polar surface area (TPSA) is 89.3 Å². The summed E-state index contributed by atoms with van der Waals surface area (Å²) in [5.74, 6) is 0.0557. The fraction of sp³-hybridized carbons (Fsp3) is 0.350. The number of sulfone groups is 1. The van der Waals surface area contributed by atoms with Gasteiger partial charge in [0.25, 0.3) is 5.56 Å². The van der Waals surface area contributed by atoms with Crippen LogP contribution in [0.5, 0.6) is 0 Å². The van der Waals surface area contributed by atoms with Crippen molar-refractivity contribution in [1.82, 2.24) is 14.5 Å². The van der Waals surface area contributed by atoms with Crippen LogP contribution in [0.2, 0.25) is 0 Å². The molecule has 0 spiro atoms. The third-order valence-corrected chi connectivity index (χ3v) is 8.97. The Bertz CT molecular complexity index is 1270. The summed E-state index contributed by atoms with van der Waals surface area (Å²) in [7, 11) is 0.233. The van der Waals surface area contributed by atoms with Crippen molar-refractivity contribution in [1.29, 1.82) is 0 Å². The predicted molar refractivity (Wildman–Crippen MR) is 121 cm³/mol. The minimum Gasteiger partial charge on any atom is -0.341 e. The number of benzene rings is 1. The predicted octanol–water partition coefficient (Wildman–Crippen LogP) is 2.40. The maximum absolute atomic E-state index is 13.0. The molecule has 3 heterocycles. The molecule has 0 bridgehead atoms. The fourth-order valence-electron chi connectivity index (χ4n) is 3.52. The Hall–Kier alpha value is -2.17. The van der Waals surface area contributed by atoms with E-state index in [1.807, 2.05) is 35.7 Å². The molecule has 10 heteroatoms. The number of hydrogen-bond acceptors (Lipinski definition) is 7. The lowest BCUT2D eigenvalue weighted by Gasteiger charge is -2.23. The van der Waals surface area contributed by atoms with E-state index in [1.54, 1.807) is 14.1 Å². The van der Waals surface area contributed by atoms with Crippen molar-refractivity contribution in [3.63, 3.8) is 0 Å². The molecule has 4 rings (SSSR count). The van der Waals surface area contributed by atoms with Gasteiger partial charge in [-0.3, -0.25) is 14.2 Å². The van der Waals surface area contributed by atoms with E-state index in [1.165, 1.54) is 32.6 Å². The van der Waals surface area contributed by atoms with Crippen molar-refractivity contribution in [2.75, 3.05) is 24.3 Å². The number of thioether (sulfide) groups is 1. The molecule has 2 aromatic heterocycles. The van der Waals surface area contributed by atoms with Crippen LogP contribution in [0.25, 0.3) is 21.3 Å². The first-order chi connectivity index (χ1) is 14.3. The highest BCUT2D eigenvalue weighted by Gasteiger charge is 2.32. The number of thiophene rings is 1. The summed E-state index contributed by atoms with van der Waals surface area (Å²) in [5, 5.41) is 2.98. The van der Waals surface area contributed by atoms with Gasteiger partial charge < -0.3 is 4.90 Å². The highest BCUT2D eigenvalue weighted by atomic mass is 32.2. The van der Waals surface area contributed by atoms with Crippen molar-refractivity contribution < 1.29 is 13.2 Å². The Labute approximate surface area is 182 Å². The zero-order valence-corrected chi connectivity index (χ0v) is 19.0. The number of hydrogen-bond donors (Lipinski definition) is 0. The van der Waals surface area contributed by atoms with E-state index in [-0.39, 0.29) is 34.8 Å². The first-order valence-electron chi connectivity index (χ1n) is 9.39. The molecule has 7 nitrogen and oxygen atoms in total. The quantitative estimate of drug-likeness (QED) is 0.426. The van der Waals surface area contributed by atoms with Gasteiger partial charge in [0.2, 0.25) is 5.91 Å². The van der Waals surface area contributed by atoms with Crippen LogP contribution in [-0.2, 0) is 21.7 Å². The summed E-state index contributed by atoms with van der Waals surface area (Å²) >= 11 is 2.60. The lowest BCUT2D eigenvalue weighted by atomic mass is 10.1. The number of aromatic nitrogens is 2. The fourth-order valence-corrected chi connectivity index (χ4v) is 7.18. The molecule has 1 aromatic carbocycles. The van der Waals surface area contributed by atoms with Crippen LogP contribution in [0.1, 0.15) is 6.42 Å². The Kier molecular flexibility index (Phi) is 5.73. The van der Waals surface area contributed by atoms with Crippen LogP contribution < -0.4 is 5.56 Å². The van der Waals surface area contributed by atoms with Crippen LogP contribution in [0.4, 0.5) is 0 Å². The number of rotatable bonds is 5. The van der Waals surface area contributed by atoms with Crippen molar-refractivity contribution in [2.24, 2.45) is 7.05 Å². The monoisotopic (exact) mass is 463 g/mol. The lowest BCUT2D eigenvalue weighted by Crippen LogP contribution is -2.39. The molecule has 0 saturated carbocycles. The molecule has 0 aliphatic carbocycles. The molecule has 1 saturated heterocycles. The van der Waals surface area contributed by atoms with Gasteiger partial charge in [-0.1, -0.05) is 42.1 Å². The van der Waals surface area contributed by atoms with Crippen LogP contribution in [0, 0.1) is 0 Å². The molecular weight excluding hydrogens is 442 g/mol. The second kappa shape index (κ2) is 8.16. The van der Waals surface area contributed by atoms with Gasteiger partial charge in [-0.05, 0) is 12.0 Å². The maximum Gasteiger partial charge on any atom is 0.263 e. The minimum atomic E-state index is -3.06. The van der Waals surface area contributed by atoms with Crippen molar-refractivity contribution in [2.45, 2.75) is 17.6 Å². The first kappa shape index (κ1) is 21.1. The van der Waals surface area contributed by atoms with Crippen LogP contribution in [-0.4, -0.2) is 59.1 Å². The van der Waals surface area contributed by atoms with E-state index in [9.17, 15) is 18.0 Å². The number of nitrogens with zero attached hydrogens (tertiary/aromatic N) is 3. The van der Waals surface area contributed by atoms with E-state index in [0.717, 1.165) is 11.1 Å². The van der Waals surface area contributed by atoms with Crippen LogP contribution in [0.3, 0.4) is 0 Å². The third kappa shape index (κ3) is 4.03. The van der Waals surface area contributed by atoms with Gasteiger partial charge >= 0.3 is 0 Å². The smallest absolute Gasteiger partial charge is 0.263 e. The number of carbonyl (C=O) groups excluding carboxylic acids is 1. The van der Waals surface area contributed by atoms with Gasteiger partial charge in [0, 0.05) is 31.1 Å². The molecule has 1 amide bonds. The maximum atomic E-state index is 13.0. The average molecular weight is 464 g/mol. The Balaban J connectivity index is 1.55. The van der Waals surface area contributed by atoms with E-state index in [4.69, 9.17) is 0 Å². The third-order valence-electron chi connectivity index (χ3n) is 5.33. The summed E-state index contributed by atoms with van der Waals surface area (Å²) in [6, 6.07) is 9.42. The minimum absolute atomic E-state index is 0.0139. The molecule has 1 aliphatic rings. The average Bonchev–Trinajstić information content (AvgIpc) is 3.32. The molecule has 1 atom stereocenters. The number of fused-ring (bicyclic) bond motifs is 1. The first-order valence-corrected chi connectivity index (χ1v) is 13.1. The second-order valence-electron chi connectivity index (χ2n) is 7.30. The zero-order valence-electron chi connectivity index (χ0n) is 16.6. The van der Waals surface area contributed by atoms with Gasteiger partial charge in [0.15, 0.2) is 15.0 Å². The Morgan fingerprint density at radius 2 is 2.07 bits per heavy atom. The van der Waals surface area contributed by atoms with Gasteiger partial charge in [0.1, 0.15) is 4.83 Å². The summed E-state index contributed by atoms with van der Waals surface area (Å²) in [4.78, 5) is 32.3. The number of carbonyl (C=O) groups is 1. The summed E-state index contributed by atoms with van der Waals surface area (Å²) in [5.41, 5.74) is 1.68. The molecule has 3 aromatic rings. The molecular formula is C20H21N3O4S3. The van der Waals surface area contributed by atoms with Crippen molar-refractivity contribution in [3.05, 3.63) is 46.1 Å². The van der Waals surface area contributed by atoms with Crippen molar-refractivity contribution >= 4 is 49.1 Å².